The second kappa shape index (κ2) is 5.34. The van der Waals surface area contributed by atoms with Crippen LogP contribution >= 0.6 is 0 Å². The number of hydrogen-bond donors (Lipinski definition) is 1. The van der Waals surface area contributed by atoms with Crippen LogP contribution < -0.4 is 5.32 Å². The molecule has 1 aliphatic carbocycles. The maximum absolute atomic E-state index is 13.7. The second-order valence-corrected chi connectivity index (χ2v) is 4.85. The lowest BCUT2D eigenvalue weighted by Crippen LogP contribution is -2.31. The standard InChI is InChI=1S/C14H16F2N2/c1-9-6-12(16)14(7-11(9)15)18-13-5-3-2-4-10(13)8-17/h6-7,10,13,18H,2-5H2,1H3. The summed E-state index contributed by atoms with van der Waals surface area (Å²) in [6.07, 6.45) is 3.70. The van der Waals surface area contributed by atoms with E-state index in [9.17, 15) is 8.78 Å². The predicted octanol–water partition coefficient (Wildman–Crippen LogP) is 3.77. The third-order valence-electron chi connectivity index (χ3n) is 3.52. The number of nitriles is 1. The van der Waals surface area contributed by atoms with Crippen LogP contribution in [0.25, 0.3) is 0 Å². The average Bonchev–Trinajstić information content (AvgIpc) is 2.36. The van der Waals surface area contributed by atoms with Crippen molar-refractivity contribution in [3.05, 3.63) is 29.3 Å². The molecule has 0 saturated heterocycles. The molecule has 18 heavy (non-hydrogen) atoms. The first-order chi connectivity index (χ1) is 8.61. The van der Waals surface area contributed by atoms with Crippen molar-refractivity contribution in [1.82, 2.24) is 0 Å². The Hall–Kier alpha value is -1.63. The molecule has 0 radical (unpaired) electrons. The summed E-state index contributed by atoms with van der Waals surface area (Å²) in [5.74, 6) is -1.01. The maximum Gasteiger partial charge on any atom is 0.146 e. The van der Waals surface area contributed by atoms with E-state index in [1.54, 1.807) is 0 Å². The van der Waals surface area contributed by atoms with Crippen LogP contribution in [-0.4, -0.2) is 6.04 Å². The van der Waals surface area contributed by atoms with E-state index >= 15 is 0 Å². The Balaban J connectivity index is 2.18. The molecule has 0 heterocycles. The molecule has 0 amide bonds. The van der Waals surface area contributed by atoms with Crippen LogP contribution in [0, 0.1) is 35.8 Å². The van der Waals surface area contributed by atoms with Crippen molar-refractivity contribution in [2.75, 3.05) is 5.32 Å². The first-order valence-electron chi connectivity index (χ1n) is 6.23. The van der Waals surface area contributed by atoms with Gasteiger partial charge in [-0.1, -0.05) is 12.8 Å². The fraction of sp³-hybridized carbons (Fsp3) is 0.500. The van der Waals surface area contributed by atoms with E-state index in [0.29, 0.717) is 5.56 Å². The number of nitrogens with zero attached hydrogens (tertiary/aromatic N) is 1. The van der Waals surface area contributed by atoms with Crippen molar-refractivity contribution in [3.8, 4) is 6.07 Å². The SMILES string of the molecule is Cc1cc(F)c(NC2CCCCC2C#N)cc1F. The summed E-state index contributed by atoms with van der Waals surface area (Å²) < 4.78 is 27.1. The number of hydrogen-bond acceptors (Lipinski definition) is 2. The predicted molar refractivity (Wildman–Crippen MR) is 66.1 cm³/mol. The van der Waals surface area contributed by atoms with Gasteiger partial charge in [0.25, 0.3) is 0 Å². The lowest BCUT2D eigenvalue weighted by Gasteiger charge is -2.28. The molecule has 1 N–H and O–H groups in total. The van der Waals surface area contributed by atoms with Gasteiger partial charge in [0.1, 0.15) is 11.6 Å². The van der Waals surface area contributed by atoms with E-state index in [1.165, 1.54) is 19.1 Å². The first kappa shape index (κ1) is 12.8. The molecular formula is C14H16F2N2. The van der Waals surface area contributed by atoms with Crippen molar-refractivity contribution in [2.45, 2.75) is 38.6 Å². The van der Waals surface area contributed by atoms with Crippen LogP contribution in [0.5, 0.6) is 0 Å². The molecule has 96 valence electrons. The summed E-state index contributed by atoms with van der Waals surface area (Å²) >= 11 is 0. The molecular weight excluding hydrogens is 234 g/mol. The van der Waals surface area contributed by atoms with Crippen LogP contribution in [0.15, 0.2) is 12.1 Å². The van der Waals surface area contributed by atoms with Gasteiger partial charge in [-0.05, 0) is 31.4 Å². The van der Waals surface area contributed by atoms with Gasteiger partial charge < -0.3 is 5.32 Å². The summed E-state index contributed by atoms with van der Waals surface area (Å²) in [5, 5.41) is 12.0. The second-order valence-electron chi connectivity index (χ2n) is 4.85. The van der Waals surface area contributed by atoms with Gasteiger partial charge in [0, 0.05) is 12.1 Å². The van der Waals surface area contributed by atoms with E-state index in [1.807, 2.05) is 0 Å². The summed E-state index contributed by atoms with van der Waals surface area (Å²) in [7, 11) is 0. The van der Waals surface area contributed by atoms with Crippen molar-refractivity contribution in [3.63, 3.8) is 0 Å². The zero-order valence-corrected chi connectivity index (χ0v) is 10.3. The highest BCUT2D eigenvalue weighted by atomic mass is 19.1. The van der Waals surface area contributed by atoms with E-state index in [2.05, 4.69) is 11.4 Å². The first-order valence-corrected chi connectivity index (χ1v) is 6.23. The van der Waals surface area contributed by atoms with Gasteiger partial charge in [-0.3, -0.25) is 0 Å². The molecule has 2 atom stereocenters. The van der Waals surface area contributed by atoms with Crippen LogP contribution in [0.4, 0.5) is 14.5 Å². The van der Waals surface area contributed by atoms with Crippen LogP contribution in [0.3, 0.4) is 0 Å². The quantitative estimate of drug-likeness (QED) is 0.867. The third kappa shape index (κ3) is 2.61. The number of anilines is 1. The smallest absolute Gasteiger partial charge is 0.146 e. The van der Waals surface area contributed by atoms with Crippen LogP contribution in [-0.2, 0) is 0 Å². The van der Waals surface area contributed by atoms with Crippen molar-refractivity contribution < 1.29 is 8.78 Å². The molecule has 0 spiro atoms. The molecule has 1 aliphatic rings. The largest absolute Gasteiger partial charge is 0.379 e. The number of nitrogens with one attached hydrogen (secondary N) is 1. The fourth-order valence-corrected chi connectivity index (χ4v) is 2.41. The van der Waals surface area contributed by atoms with Gasteiger partial charge in [-0.15, -0.1) is 0 Å². The average molecular weight is 250 g/mol. The number of halogens is 2. The lowest BCUT2D eigenvalue weighted by molar-refractivity contribution is 0.387. The molecule has 1 aromatic rings. The minimum absolute atomic E-state index is 0.0830. The van der Waals surface area contributed by atoms with Crippen molar-refractivity contribution in [2.24, 2.45) is 5.92 Å². The van der Waals surface area contributed by atoms with E-state index in [0.717, 1.165) is 25.7 Å². The lowest BCUT2D eigenvalue weighted by atomic mass is 9.85. The molecule has 2 unspecified atom stereocenters. The van der Waals surface area contributed by atoms with Gasteiger partial charge in [0.05, 0.1) is 17.7 Å². The van der Waals surface area contributed by atoms with Gasteiger partial charge in [0.2, 0.25) is 0 Å². The van der Waals surface area contributed by atoms with Gasteiger partial charge in [-0.25, -0.2) is 8.78 Å². The Kier molecular flexibility index (Phi) is 3.81. The van der Waals surface area contributed by atoms with Crippen LogP contribution in [0.1, 0.15) is 31.2 Å². The van der Waals surface area contributed by atoms with Gasteiger partial charge in [0.15, 0.2) is 0 Å². The Morgan fingerprint density at radius 1 is 1.22 bits per heavy atom. The van der Waals surface area contributed by atoms with Gasteiger partial charge >= 0.3 is 0 Å². The van der Waals surface area contributed by atoms with Crippen molar-refractivity contribution >= 4 is 5.69 Å². The highest BCUT2D eigenvalue weighted by molar-refractivity contribution is 5.48. The van der Waals surface area contributed by atoms with E-state index in [-0.39, 0.29) is 17.6 Å². The monoisotopic (exact) mass is 250 g/mol. The Morgan fingerprint density at radius 2 is 1.94 bits per heavy atom. The minimum Gasteiger partial charge on any atom is -0.379 e. The Morgan fingerprint density at radius 3 is 2.67 bits per heavy atom. The molecule has 2 nitrogen and oxygen atoms in total. The minimum atomic E-state index is -0.462. The molecule has 1 aromatic carbocycles. The highest BCUT2D eigenvalue weighted by Gasteiger charge is 2.25. The third-order valence-corrected chi connectivity index (χ3v) is 3.52. The molecule has 0 bridgehead atoms. The topological polar surface area (TPSA) is 35.8 Å². The molecule has 1 saturated carbocycles. The summed E-state index contributed by atoms with van der Waals surface area (Å²) in [6.45, 7) is 1.53. The molecule has 4 heteroatoms. The van der Waals surface area contributed by atoms with Gasteiger partial charge in [-0.2, -0.15) is 5.26 Å². The zero-order chi connectivity index (χ0) is 13.1. The number of benzene rings is 1. The molecule has 0 aromatic heterocycles. The normalized spacial score (nSPS) is 23.4. The summed E-state index contributed by atoms with van der Waals surface area (Å²) in [6, 6.07) is 4.51. The summed E-state index contributed by atoms with van der Waals surface area (Å²) in [5.41, 5.74) is 0.448. The van der Waals surface area contributed by atoms with Crippen molar-refractivity contribution in [1.29, 1.82) is 5.26 Å². The van der Waals surface area contributed by atoms with Crippen LogP contribution in [0.2, 0.25) is 0 Å². The number of rotatable bonds is 2. The maximum atomic E-state index is 13.7. The molecule has 0 aliphatic heterocycles. The fourth-order valence-electron chi connectivity index (χ4n) is 2.41. The Bertz CT molecular complexity index is 479. The summed E-state index contributed by atoms with van der Waals surface area (Å²) in [4.78, 5) is 0. The Labute approximate surface area is 106 Å². The van der Waals surface area contributed by atoms with E-state index in [4.69, 9.17) is 5.26 Å². The number of aryl methyl sites for hydroxylation is 1. The molecule has 1 fully saturated rings. The highest BCUT2D eigenvalue weighted by Crippen LogP contribution is 2.28. The van der Waals surface area contributed by atoms with E-state index < -0.39 is 11.6 Å². The molecule has 2 rings (SSSR count). The zero-order valence-electron chi connectivity index (χ0n) is 10.3.